The maximum absolute atomic E-state index is 13.0. The van der Waals surface area contributed by atoms with Crippen LogP contribution in [-0.4, -0.2) is 28.2 Å². The molecule has 0 bridgehead atoms. The molecule has 27 heavy (non-hydrogen) atoms. The highest BCUT2D eigenvalue weighted by molar-refractivity contribution is 8.26. The van der Waals surface area contributed by atoms with Crippen molar-refractivity contribution in [1.29, 1.82) is 0 Å². The molecule has 1 fully saturated rings. The Kier molecular flexibility index (Phi) is 6.22. The van der Waals surface area contributed by atoms with Crippen LogP contribution in [0.1, 0.15) is 17.2 Å². The molecule has 1 heterocycles. The van der Waals surface area contributed by atoms with E-state index in [1.165, 1.54) is 12.0 Å². The molecule has 1 aliphatic rings. The highest BCUT2D eigenvalue weighted by Crippen LogP contribution is 2.40. The van der Waals surface area contributed by atoms with E-state index >= 15 is 0 Å². The van der Waals surface area contributed by atoms with Gasteiger partial charge in [-0.15, -0.1) is 0 Å². The molecule has 8 heteroatoms. The number of halogens is 2. The average Bonchev–Trinajstić information content (AvgIpc) is 2.93. The number of thioether (sulfide) groups is 1. The Morgan fingerprint density at radius 2 is 1.78 bits per heavy atom. The highest BCUT2D eigenvalue weighted by Gasteiger charge is 2.42. The minimum Gasteiger partial charge on any atom is -0.467 e. The lowest BCUT2D eigenvalue weighted by Gasteiger charge is -2.24. The first-order chi connectivity index (χ1) is 12.9. The van der Waals surface area contributed by atoms with Gasteiger partial charge in [-0.2, -0.15) is 0 Å². The zero-order chi connectivity index (χ0) is 19.6. The van der Waals surface area contributed by atoms with Gasteiger partial charge in [-0.05, 0) is 23.8 Å². The smallest absolute Gasteiger partial charge is 0.333 e. The molecule has 3 rings (SSSR count). The molecule has 0 radical (unpaired) electrons. The normalized spacial score (nSPS) is 16.7. The zero-order valence-electron chi connectivity index (χ0n) is 14.0. The molecule has 1 aliphatic heterocycles. The Morgan fingerprint density at radius 3 is 2.37 bits per heavy atom. The summed E-state index contributed by atoms with van der Waals surface area (Å²) in [5.41, 5.74) is 1.13. The number of amides is 1. The molecular weight excluding hydrogens is 425 g/mol. The van der Waals surface area contributed by atoms with E-state index < -0.39 is 17.9 Å². The van der Waals surface area contributed by atoms with Crippen molar-refractivity contribution >= 4 is 69.5 Å². The van der Waals surface area contributed by atoms with Crippen LogP contribution in [0.25, 0.3) is 6.08 Å². The summed E-state index contributed by atoms with van der Waals surface area (Å²) in [5, 5.41) is 0.834. The first-order valence-electron chi connectivity index (χ1n) is 7.78. The van der Waals surface area contributed by atoms with Gasteiger partial charge in [0.15, 0.2) is 6.04 Å². The number of thiocarbonyl (C=S) groups is 1. The fraction of sp³-hybridized carbons (Fsp3) is 0.105. The van der Waals surface area contributed by atoms with Gasteiger partial charge >= 0.3 is 5.97 Å². The van der Waals surface area contributed by atoms with E-state index in [0.29, 0.717) is 26.1 Å². The van der Waals surface area contributed by atoms with Crippen LogP contribution in [-0.2, 0) is 14.3 Å². The summed E-state index contributed by atoms with van der Waals surface area (Å²) >= 11 is 18.8. The predicted octanol–water partition coefficient (Wildman–Crippen LogP) is 5.11. The number of carbonyl (C=O) groups is 2. The van der Waals surface area contributed by atoms with E-state index in [-0.39, 0.29) is 4.32 Å². The number of nitrogens with zero attached hydrogens (tertiary/aromatic N) is 1. The fourth-order valence-electron chi connectivity index (χ4n) is 2.62. The van der Waals surface area contributed by atoms with Gasteiger partial charge in [0.2, 0.25) is 0 Å². The Hall–Kier alpha value is -1.86. The largest absolute Gasteiger partial charge is 0.467 e. The third kappa shape index (κ3) is 4.04. The van der Waals surface area contributed by atoms with E-state index in [0.717, 1.165) is 11.8 Å². The number of rotatable bonds is 4. The molecule has 1 amide bonds. The summed E-state index contributed by atoms with van der Waals surface area (Å²) in [6.45, 7) is 0. The lowest BCUT2D eigenvalue weighted by Crippen LogP contribution is -2.37. The van der Waals surface area contributed by atoms with Gasteiger partial charge in [-0.1, -0.05) is 83.6 Å². The second-order valence-corrected chi connectivity index (χ2v) is 8.01. The summed E-state index contributed by atoms with van der Waals surface area (Å²) in [5.74, 6) is -0.977. The number of carbonyl (C=O) groups excluding carboxylic acids is 2. The SMILES string of the molecule is COC(=O)C(c1ccccc1)N1C(=O)/C(=C\c2c(Cl)cccc2Cl)SC1=S. The predicted molar refractivity (Wildman–Crippen MR) is 113 cm³/mol. The summed E-state index contributed by atoms with van der Waals surface area (Å²) in [6, 6.07) is 13.0. The van der Waals surface area contributed by atoms with E-state index in [1.54, 1.807) is 48.5 Å². The Morgan fingerprint density at radius 1 is 1.15 bits per heavy atom. The minimum absolute atomic E-state index is 0.258. The molecular formula is C19H13Cl2NO3S2. The molecule has 0 spiro atoms. The quantitative estimate of drug-likeness (QED) is 0.377. The number of ether oxygens (including phenoxy) is 1. The van der Waals surface area contributed by atoms with Crippen LogP contribution in [0.2, 0.25) is 10.0 Å². The fourth-order valence-corrected chi connectivity index (χ4v) is 4.42. The molecule has 0 saturated carbocycles. The third-order valence-electron chi connectivity index (χ3n) is 3.90. The topological polar surface area (TPSA) is 46.6 Å². The number of methoxy groups -OCH3 is 1. The van der Waals surface area contributed by atoms with Crippen molar-refractivity contribution in [2.45, 2.75) is 6.04 Å². The van der Waals surface area contributed by atoms with Crippen LogP contribution in [0.3, 0.4) is 0 Å². The molecule has 4 nitrogen and oxygen atoms in total. The Balaban J connectivity index is 2.02. The number of benzene rings is 2. The standard InChI is InChI=1S/C19H13Cl2NO3S2/c1-25-18(24)16(11-6-3-2-4-7-11)22-17(23)15(27-19(22)26)10-12-13(20)8-5-9-14(12)21/h2-10,16H,1H3/b15-10+. The van der Waals surface area contributed by atoms with Gasteiger partial charge in [0, 0.05) is 15.6 Å². The summed E-state index contributed by atoms with van der Waals surface area (Å²) < 4.78 is 5.16. The lowest BCUT2D eigenvalue weighted by molar-refractivity contribution is -0.148. The molecule has 1 saturated heterocycles. The summed E-state index contributed by atoms with van der Waals surface area (Å²) in [7, 11) is 1.27. The first-order valence-corrected chi connectivity index (χ1v) is 9.76. The van der Waals surface area contributed by atoms with Crippen molar-refractivity contribution < 1.29 is 14.3 Å². The molecule has 138 valence electrons. The molecule has 2 aromatic carbocycles. The summed E-state index contributed by atoms with van der Waals surface area (Å²) in [4.78, 5) is 27.0. The van der Waals surface area contributed by atoms with Crippen LogP contribution >= 0.6 is 47.2 Å². The van der Waals surface area contributed by atoms with Gasteiger partial charge in [0.25, 0.3) is 5.91 Å². The zero-order valence-corrected chi connectivity index (χ0v) is 17.2. The molecule has 1 atom stereocenters. The third-order valence-corrected chi connectivity index (χ3v) is 5.89. The maximum Gasteiger partial charge on any atom is 0.333 e. The van der Waals surface area contributed by atoms with Crippen LogP contribution < -0.4 is 0 Å². The van der Waals surface area contributed by atoms with Crippen molar-refractivity contribution in [2.24, 2.45) is 0 Å². The molecule has 0 N–H and O–H groups in total. The lowest BCUT2D eigenvalue weighted by atomic mass is 10.1. The van der Waals surface area contributed by atoms with Crippen molar-refractivity contribution in [3.8, 4) is 0 Å². The molecule has 0 aliphatic carbocycles. The average molecular weight is 438 g/mol. The van der Waals surface area contributed by atoms with Gasteiger partial charge in [-0.25, -0.2) is 4.79 Å². The van der Waals surface area contributed by atoms with Gasteiger partial charge in [-0.3, -0.25) is 9.69 Å². The molecule has 0 aromatic heterocycles. The maximum atomic E-state index is 13.0. The van der Waals surface area contributed by atoms with Gasteiger partial charge in [0.1, 0.15) is 4.32 Å². The summed E-state index contributed by atoms with van der Waals surface area (Å²) in [6.07, 6.45) is 1.59. The van der Waals surface area contributed by atoms with E-state index in [1.807, 2.05) is 6.07 Å². The van der Waals surface area contributed by atoms with Crippen molar-refractivity contribution in [2.75, 3.05) is 7.11 Å². The number of hydrogen-bond acceptors (Lipinski definition) is 5. The number of hydrogen-bond donors (Lipinski definition) is 0. The van der Waals surface area contributed by atoms with Crippen LogP contribution in [0.5, 0.6) is 0 Å². The first kappa shape index (κ1) is 19.9. The minimum atomic E-state index is -0.962. The van der Waals surface area contributed by atoms with Gasteiger partial charge in [0.05, 0.1) is 12.0 Å². The molecule has 2 aromatic rings. The Labute approximate surface area is 176 Å². The van der Waals surface area contributed by atoms with Crippen LogP contribution in [0.4, 0.5) is 0 Å². The monoisotopic (exact) mass is 437 g/mol. The second kappa shape index (κ2) is 8.44. The van der Waals surface area contributed by atoms with Crippen molar-refractivity contribution in [3.05, 3.63) is 74.6 Å². The van der Waals surface area contributed by atoms with Crippen LogP contribution in [0, 0.1) is 0 Å². The highest BCUT2D eigenvalue weighted by atomic mass is 35.5. The second-order valence-electron chi connectivity index (χ2n) is 5.52. The van der Waals surface area contributed by atoms with Crippen molar-refractivity contribution in [3.63, 3.8) is 0 Å². The van der Waals surface area contributed by atoms with E-state index in [4.69, 9.17) is 40.2 Å². The van der Waals surface area contributed by atoms with E-state index in [2.05, 4.69) is 0 Å². The van der Waals surface area contributed by atoms with Crippen molar-refractivity contribution in [1.82, 2.24) is 4.90 Å². The van der Waals surface area contributed by atoms with E-state index in [9.17, 15) is 9.59 Å². The van der Waals surface area contributed by atoms with Crippen LogP contribution in [0.15, 0.2) is 53.4 Å². The number of esters is 1. The van der Waals surface area contributed by atoms with Gasteiger partial charge < -0.3 is 4.74 Å². The molecule has 1 unspecified atom stereocenters. The Bertz CT molecular complexity index is 927.